The highest BCUT2D eigenvalue weighted by Gasteiger charge is 2.39. The lowest BCUT2D eigenvalue weighted by atomic mass is 10.1. The summed E-state index contributed by atoms with van der Waals surface area (Å²) >= 11 is 5.92. The summed E-state index contributed by atoms with van der Waals surface area (Å²) in [6.45, 7) is 1.27. The highest BCUT2D eigenvalue weighted by atomic mass is 35.5. The SMILES string of the molecule is Cc1cc(COC(F)(F)c2nnc3ccc(-c4ccc(OC(F)(F)F)cc4)cn23)nn1-c1ccc(Cl)cc1. The van der Waals surface area contributed by atoms with E-state index < -0.39 is 30.7 Å². The van der Waals surface area contributed by atoms with Crippen LogP contribution in [0.1, 0.15) is 17.2 Å². The lowest BCUT2D eigenvalue weighted by Crippen LogP contribution is -2.22. The topological polar surface area (TPSA) is 66.5 Å². The van der Waals surface area contributed by atoms with E-state index in [2.05, 4.69) is 20.0 Å². The van der Waals surface area contributed by atoms with Crippen molar-refractivity contribution in [1.29, 1.82) is 0 Å². The van der Waals surface area contributed by atoms with Crippen molar-refractivity contribution >= 4 is 17.2 Å². The molecule has 2 aromatic carbocycles. The fraction of sp³-hybridized carbons (Fsp3) is 0.160. The average molecular weight is 550 g/mol. The Hall–Kier alpha value is -4.03. The third-order valence-electron chi connectivity index (χ3n) is 5.49. The van der Waals surface area contributed by atoms with Gasteiger partial charge in [-0.15, -0.1) is 23.4 Å². The number of nitrogens with zero attached hydrogens (tertiary/aromatic N) is 5. The minimum Gasteiger partial charge on any atom is -0.406 e. The molecule has 3 heterocycles. The predicted molar refractivity (Wildman–Crippen MR) is 127 cm³/mol. The first kappa shape index (κ1) is 25.6. The lowest BCUT2D eigenvalue weighted by Gasteiger charge is -2.15. The first-order valence-corrected chi connectivity index (χ1v) is 11.4. The Labute approximate surface area is 217 Å². The van der Waals surface area contributed by atoms with Gasteiger partial charge in [0.15, 0.2) is 5.65 Å². The third kappa shape index (κ3) is 5.46. The minimum absolute atomic E-state index is 0.131. The second-order valence-electron chi connectivity index (χ2n) is 8.21. The van der Waals surface area contributed by atoms with Gasteiger partial charge in [0.25, 0.3) is 0 Å². The van der Waals surface area contributed by atoms with E-state index in [1.807, 2.05) is 0 Å². The second kappa shape index (κ2) is 9.69. The first-order valence-electron chi connectivity index (χ1n) is 11.0. The number of benzene rings is 2. The number of alkyl halides is 5. The van der Waals surface area contributed by atoms with Gasteiger partial charge in [0.1, 0.15) is 5.75 Å². The Balaban J connectivity index is 1.36. The van der Waals surface area contributed by atoms with Crippen LogP contribution in [-0.2, 0) is 17.5 Å². The molecule has 0 aliphatic rings. The van der Waals surface area contributed by atoms with Gasteiger partial charge in [-0.1, -0.05) is 23.7 Å². The molecule has 0 bridgehead atoms. The van der Waals surface area contributed by atoms with Crippen molar-refractivity contribution in [2.24, 2.45) is 0 Å². The molecule has 0 aliphatic carbocycles. The number of halogens is 6. The maximum Gasteiger partial charge on any atom is 0.573 e. The molecular formula is C25H17ClF5N5O2. The van der Waals surface area contributed by atoms with Gasteiger partial charge >= 0.3 is 12.5 Å². The molecule has 0 N–H and O–H groups in total. The van der Waals surface area contributed by atoms with Crippen molar-refractivity contribution in [2.75, 3.05) is 0 Å². The summed E-state index contributed by atoms with van der Waals surface area (Å²) in [6.07, 6.45) is -7.31. The van der Waals surface area contributed by atoms with Crippen LogP contribution in [-0.4, -0.2) is 30.7 Å². The maximum atomic E-state index is 15.1. The summed E-state index contributed by atoms with van der Waals surface area (Å²) in [5.41, 5.74) is 2.72. The minimum atomic E-state index is -4.82. The zero-order chi connectivity index (χ0) is 27.1. The molecule has 0 saturated carbocycles. The summed E-state index contributed by atoms with van der Waals surface area (Å²) in [4.78, 5) is 0. The van der Waals surface area contributed by atoms with Gasteiger partial charge in [0, 0.05) is 16.9 Å². The van der Waals surface area contributed by atoms with Crippen molar-refractivity contribution in [3.63, 3.8) is 0 Å². The molecule has 5 rings (SSSR count). The molecule has 0 unspecified atom stereocenters. The van der Waals surface area contributed by atoms with Crippen LogP contribution in [0.3, 0.4) is 0 Å². The quantitative estimate of drug-likeness (QED) is 0.211. The van der Waals surface area contributed by atoms with Gasteiger partial charge in [-0.3, -0.25) is 4.40 Å². The molecule has 13 heteroatoms. The zero-order valence-corrected chi connectivity index (χ0v) is 20.2. The standard InChI is InChI=1S/C25H17ClF5N5O2/c1-15-12-19(34-36(15)20-7-5-18(26)6-8-20)14-37-24(27,28)23-33-32-22-11-4-17(13-35(22)23)16-2-9-21(10-3-16)38-25(29,30)31/h2-13H,14H2,1H3. The van der Waals surface area contributed by atoms with Gasteiger partial charge in [-0.25, -0.2) is 4.68 Å². The van der Waals surface area contributed by atoms with E-state index in [0.29, 0.717) is 27.5 Å². The van der Waals surface area contributed by atoms with Crippen LogP contribution in [0.5, 0.6) is 5.75 Å². The largest absolute Gasteiger partial charge is 0.573 e. The van der Waals surface area contributed by atoms with Crippen LogP contribution < -0.4 is 4.74 Å². The molecule has 196 valence electrons. The van der Waals surface area contributed by atoms with E-state index in [9.17, 15) is 13.2 Å². The molecule has 5 aromatic rings. The number of pyridine rings is 1. The van der Waals surface area contributed by atoms with Gasteiger partial charge in [-0.2, -0.15) is 13.9 Å². The van der Waals surface area contributed by atoms with Crippen LogP contribution >= 0.6 is 11.6 Å². The summed E-state index contributed by atoms with van der Waals surface area (Å²) in [5, 5.41) is 12.3. The van der Waals surface area contributed by atoms with Crippen molar-refractivity contribution in [2.45, 2.75) is 26.0 Å². The van der Waals surface area contributed by atoms with Crippen molar-refractivity contribution < 1.29 is 31.4 Å². The predicted octanol–water partition coefficient (Wildman–Crippen LogP) is 6.71. The Bertz CT molecular complexity index is 1580. The van der Waals surface area contributed by atoms with Crippen molar-refractivity contribution in [3.8, 4) is 22.6 Å². The maximum absolute atomic E-state index is 15.1. The van der Waals surface area contributed by atoms with Gasteiger partial charge in [0.2, 0.25) is 5.82 Å². The van der Waals surface area contributed by atoms with E-state index in [1.54, 1.807) is 48.0 Å². The molecule has 0 saturated heterocycles. The number of ether oxygens (including phenoxy) is 2. The Morgan fingerprint density at radius 1 is 0.868 bits per heavy atom. The van der Waals surface area contributed by atoms with Crippen LogP contribution in [0, 0.1) is 6.92 Å². The van der Waals surface area contributed by atoms with Crippen molar-refractivity contribution in [3.05, 3.63) is 95.2 Å². The molecule has 0 spiro atoms. The van der Waals surface area contributed by atoms with E-state index in [0.717, 1.165) is 16.5 Å². The van der Waals surface area contributed by atoms with Crippen LogP contribution in [0.2, 0.25) is 5.02 Å². The zero-order valence-electron chi connectivity index (χ0n) is 19.5. The number of aromatic nitrogens is 5. The molecule has 0 amide bonds. The summed E-state index contributed by atoms with van der Waals surface area (Å²) in [5.74, 6) is -1.17. The highest BCUT2D eigenvalue weighted by molar-refractivity contribution is 6.30. The van der Waals surface area contributed by atoms with Crippen LogP contribution in [0.4, 0.5) is 22.0 Å². The van der Waals surface area contributed by atoms with Gasteiger partial charge in [0.05, 0.1) is 18.0 Å². The molecular weight excluding hydrogens is 533 g/mol. The number of hydrogen-bond acceptors (Lipinski definition) is 5. The second-order valence-corrected chi connectivity index (χ2v) is 8.65. The summed E-state index contributed by atoms with van der Waals surface area (Å²) in [6, 6.07) is 16.5. The highest BCUT2D eigenvalue weighted by Crippen LogP contribution is 2.32. The third-order valence-corrected chi connectivity index (χ3v) is 5.75. The van der Waals surface area contributed by atoms with E-state index in [-0.39, 0.29) is 11.3 Å². The first-order chi connectivity index (χ1) is 18.0. The molecule has 0 radical (unpaired) electrons. The number of rotatable bonds is 7. The normalized spacial score (nSPS) is 12.3. The average Bonchev–Trinajstić information content (AvgIpc) is 3.46. The molecule has 7 nitrogen and oxygen atoms in total. The Morgan fingerprint density at radius 3 is 2.24 bits per heavy atom. The summed E-state index contributed by atoms with van der Waals surface area (Å²) < 4.78 is 78.9. The lowest BCUT2D eigenvalue weighted by molar-refractivity contribution is -0.274. The molecule has 0 fully saturated rings. The van der Waals surface area contributed by atoms with Gasteiger partial charge in [-0.05, 0) is 72.6 Å². The van der Waals surface area contributed by atoms with E-state index in [4.69, 9.17) is 16.3 Å². The van der Waals surface area contributed by atoms with E-state index in [1.165, 1.54) is 24.4 Å². The van der Waals surface area contributed by atoms with Crippen LogP contribution in [0.15, 0.2) is 72.9 Å². The Kier molecular flexibility index (Phi) is 6.53. The number of hydrogen-bond donors (Lipinski definition) is 0. The van der Waals surface area contributed by atoms with Crippen LogP contribution in [0.25, 0.3) is 22.5 Å². The number of aryl methyl sites for hydroxylation is 1. The van der Waals surface area contributed by atoms with Crippen molar-refractivity contribution in [1.82, 2.24) is 24.4 Å². The molecule has 38 heavy (non-hydrogen) atoms. The Morgan fingerprint density at radius 2 is 1.55 bits per heavy atom. The monoisotopic (exact) mass is 549 g/mol. The molecule has 0 aliphatic heterocycles. The van der Waals surface area contributed by atoms with E-state index >= 15 is 8.78 Å². The molecule has 3 aromatic heterocycles. The number of fused-ring (bicyclic) bond motifs is 1. The molecule has 0 atom stereocenters. The smallest absolute Gasteiger partial charge is 0.406 e. The van der Waals surface area contributed by atoms with Gasteiger partial charge < -0.3 is 9.47 Å². The fourth-order valence-corrected chi connectivity index (χ4v) is 3.92. The summed E-state index contributed by atoms with van der Waals surface area (Å²) in [7, 11) is 0. The fourth-order valence-electron chi connectivity index (χ4n) is 3.79.